The fourth-order valence-corrected chi connectivity index (χ4v) is 3.15. The highest BCUT2D eigenvalue weighted by Gasteiger charge is 2.25. The molecule has 122 valence electrons. The van der Waals surface area contributed by atoms with Crippen molar-refractivity contribution in [1.29, 1.82) is 0 Å². The van der Waals surface area contributed by atoms with Crippen molar-refractivity contribution in [3.8, 4) is 0 Å². The first-order valence-corrected chi connectivity index (χ1v) is 8.26. The van der Waals surface area contributed by atoms with Crippen molar-refractivity contribution in [2.45, 2.75) is 6.42 Å². The number of aryl methyl sites for hydroxylation is 1. The summed E-state index contributed by atoms with van der Waals surface area (Å²) in [5, 5.41) is 4.46. The summed E-state index contributed by atoms with van der Waals surface area (Å²) in [5.74, 6) is -0.0299. The molecular weight excluding hydrogens is 312 g/mol. The maximum atomic E-state index is 12.6. The minimum atomic E-state index is -0.0299. The summed E-state index contributed by atoms with van der Waals surface area (Å²) in [5.41, 5.74) is 1.83. The van der Waals surface area contributed by atoms with Gasteiger partial charge in [-0.25, -0.2) is 0 Å². The van der Waals surface area contributed by atoms with Crippen LogP contribution in [-0.4, -0.2) is 58.2 Å². The summed E-state index contributed by atoms with van der Waals surface area (Å²) in [4.78, 5) is 16.8. The van der Waals surface area contributed by atoms with Gasteiger partial charge in [0.1, 0.15) is 5.69 Å². The molecule has 1 aliphatic heterocycles. The van der Waals surface area contributed by atoms with Crippen molar-refractivity contribution in [3.05, 3.63) is 52.8 Å². The summed E-state index contributed by atoms with van der Waals surface area (Å²) in [6.45, 7) is 4.28. The third-order valence-corrected chi connectivity index (χ3v) is 4.59. The standard InChI is InChI=1S/C17H21ClN4O/c1-20-16(15(18)13-19-20)17(23)22-11-9-21(10-12-22)8-7-14-5-3-2-4-6-14/h2-6,13H,7-12H2,1H3. The SMILES string of the molecule is Cn1ncc(Cl)c1C(=O)N1CCN(CCc2ccccc2)CC1. The Hall–Kier alpha value is -1.85. The molecule has 0 radical (unpaired) electrons. The van der Waals surface area contributed by atoms with Crippen LogP contribution in [-0.2, 0) is 13.5 Å². The number of amides is 1. The zero-order chi connectivity index (χ0) is 16.2. The molecule has 1 amide bonds. The number of nitrogens with zero attached hydrogens (tertiary/aromatic N) is 4. The molecule has 0 atom stereocenters. The van der Waals surface area contributed by atoms with Crippen molar-refractivity contribution in [1.82, 2.24) is 19.6 Å². The second kappa shape index (κ2) is 7.15. The first-order valence-electron chi connectivity index (χ1n) is 7.88. The van der Waals surface area contributed by atoms with Gasteiger partial charge in [0.15, 0.2) is 0 Å². The summed E-state index contributed by atoms with van der Waals surface area (Å²) < 4.78 is 1.55. The lowest BCUT2D eigenvalue weighted by Gasteiger charge is -2.34. The number of piperazine rings is 1. The molecule has 1 aromatic heterocycles. The van der Waals surface area contributed by atoms with Gasteiger partial charge in [0.25, 0.3) is 5.91 Å². The molecule has 1 fully saturated rings. The molecule has 6 heteroatoms. The van der Waals surface area contributed by atoms with Gasteiger partial charge in [0.05, 0.1) is 11.2 Å². The average Bonchev–Trinajstić information content (AvgIpc) is 2.92. The number of carbonyl (C=O) groups excluding carboxylic acids is 1. The summed E-state index contributed by atoms with van der Waals surface area (Å²) >= 11 is 6.06. The van der Waals surface area contributed by atoms with Crippen LogP contribution in [0, 0.1) is 0 Å². The fraction of sp³-hybridized carbons (Fsp3) is 0.412. The Morgan fingerprint density at radius 1 is 1.17 bits per heavy atom. The number of aromatic nitrogens is 2. The van der Waals surface area contributed by atoms with Gasteiger partial charge >= 0.3 is 0 Å². The van der Waals surface area contributed by atoms with E-state index in [1.807, 2.05) is 11.0 Å². The molecule has 5 nitrogen and oxygen atoms in total. The molecule has 0 aliphatic carbocycles. The second-order valence-electron chi connectivity index (χ2n) is 5.83. The van der Waals surface area contributed by atoms with Crippen LogP contribution in [0.5, 0.6) is 0 Å². The molecule has 0 bridgehead atoms. The van der Waals surface area contributed by atoms with E-state index < -0.39 is 0 Å². The largest absolute Gasteiger partial charge is 0.335 e. The molecule has 2 heterocycles. The molecule has 0 unspecified atom stereocenters. The lowest BCUT2D eigenvalue weighted by molar-refractivity contribution is 0.0628. The predicted octanol–water partition coefficient (Wildman–Crippen LogP) is 2.07. The van der Waals surface area contributed by atoms with E-state index in [1.165, 1.54) is 11.8 Å². The molecule has 1 aromatic carbocycles. The quantitative estimate of drug-likeness (QED) is 0.860. The van der Waals surface area contributed by atoms with Crippen molar-refractivity contribution >= 4 is 17.5 Å². The monoisotopic (exact) mass is 332 g/mol. The first kappa shape index (κ1) is 16.0. The van der Waals surface area contributed by atoms with Gasteiger partial charge in [0, 0.05) is 39.8 Å². The van der Waals surface area contributed by atoms with E-state index >= 15 is 0 Å². The Morgan fingerprint density at radius 3 is 2.48 bits per heavy atom. The van der Waals surface area contributed by atoms with Gasteiger partial charge < -0.3 is 4.90 Å². The van der Waals surface area contributed by atoms with E-state index in [0.717, 1.165) is 39.1 Å². The second-order valence-corrected chi connectivity index (χ2v) is 6.24. The smallest absolute Gasteiger partial charge is 0.273 e. The molecule has 0 N–H and O–H groups in total. The number of rotatable bonds is 4. The van der Waals surface area contributed by atoms with Crippen LogP contribution in [0.15, 0.2) is 36.5 Å². The molecule has 0 saturated carbocycles. The van der Waals surface area contributed by atoms with Crippen molar-refractivity contribution in [3.63, 3.8) is 0 Å². The van der Waals surface area contributed by atoms with Crippen LogP contribution in [0.1, 0.15) is 16.1 Å². The van der Waals surface area contributed by atoms with E-state index in [0.29, 0.717) is 10.7 Å². The van der Waals surface area contributed by atoms with Gasteiger partial charge in [0.2, 0.25) is 0 Å². The molecule has 2 aromatic rings. The van der Waals surface area contributed by atoms with Gasteiger partial charge in [-0.05, 0) is 12.0 Å². The first-order chi connectivity index (χ1) is 11.1. The minimum Gasteiger partial charge on any atom is -0.335 e. The van der Waals surface area contributed by atoms with E-state index in [2.05, 4.69) is 34.3 Å². The Bertz CT molecular complexity index is 643. The number of benzene rings is 1. The summed E-state index contributed by atoms with van der Waals surface area (Å²) in [7, 11) is 1.75. The molecule has 1 saturated heterocycles. The number of hydrogen-bond acceptors (Lipinski definition) is 3. The highest BCUT2D eigenvalue weighted by atomic mass is 35.5. The van der Waals surface area contributed by atoms with Crippen LogP contribution in [0.25, 0.3) is 0 Å². The lowest BCUT2D eigenvalue weighted by Crippen LogP contribution is -2.49. The van der Waals surface area contributed by atoms with Crippen LogP contribution >= 0.6 is 11.6 Å². The Kier molecular flexibility index (Phi) is 4.98. The number of hydrogen-bond donors (Lipinski definition) is 0. The minimum absolute atomic E-state index is 0.0299. The van der Waals surface area contributed by atoms with E-state index in [9.17, 15) is 4.79 Å². The molecule has 23 heavy (non-hydrogen) atoms. The maximum absolute atomic E-state index is 12.6. The predicted molar refractivity (Wildman–Crippen MR) is 90.7 cm³/mol. The highest BCUT2D eigenvalue weighted by Crippen LogP contribution is 2.17. The zero-order valence-corrected chi connectivity index (χ0v) is 14.0. The number of carbonyl (C=O) groups is 1. The normalized spacial score (nSPS) is 15.8. The van der Waals surface area contributed by atoms with Crippen LogP contribution < -0.4 is 0 Å². The third kappa shape index (κ3) is 3.74. The Balaban J connectivity index is 1.51. The molecule has 1 aliphatic rings. The zero-order valence-electron chi connectivity index (χ0n) is 13.3. The van der Waals surface area contributed by atoms with Crippen LogP contribution in [0.4, 0.5) is 0 Å². The Morgan fingerprint density at radius 2 is 1.87 bits per heavy atom. The summed E-state index contributed by atoms with van der Waals surface area (Å²) in [6, 6.07) is 10.5. The van der Waals surface area contributed by atoms with Crippen LogP contribution in [0.2, 0.25) is 5.02 Å². The van der Waals surface area contributed by atoms with E-state index in [4.69, 9.17) is 11.6 Å². The average molecular weight is 333 g/mol. The number of halogens is 1. The van der Waals surface area contributed by atoms with Crippen molar-refractivity contribution in [2.75, 3.05) is 32.7 Å². The maximum Gasteiger partial charge on any atom is 0.273 e. The van der Waals surface area contributed by atoms with Crippen molar-refractivity contribution in [2.24, 2.45) is 7.05 Å². The topological polar surface area (TPSA) is 41.4 Å². The molecule has 0 spiro atoms. The van der Waals surface area contributed by atoms with E-state index in [-0.39, 0.29) is 5.91 Å². The fourth-order valence-electron chi connectivity index (χ4n) is 2.91. The van der Waals surface area contributed by atoms with Crippen LogP contribution in [0.3, 0.4) is 0 Å². The lowest BCUT2D eigenvalue weighted by atomic mass is 10.1. The van der Waals surface area contributed by atoms with Gasteiger partial charge in [-0.2, -0.15) is 5.10 Å². The van der Waals surface area contributed by atoms with E-state index in [1.54, 1.807) is 11.7 Å². The van der Waals surface area contributed by atoms with Gasteiger partial charge in [-0.15, -0.1) is 0 Å². The summed E-state index contributed by atoms with van der Waals surface area (Å²) in [6.07, 6.45) is 2.56. The van der Waals surface area contributed by atoms with Gasteiger partial charge in [-0.1, -0.05) is 41.9 Å². The van der Waals surface area contributed by atoms with Crippen molar-refractivity contribution < 1.29 is 4.79 Å². The Labute approximate surface area is 141 Å². The van der Waals surface area contributed by atoms with Gasteiger partial charge in [-0.3, -0.25) is 14.4 Å². The highest BCUT2D eigenvalue weighted by molar-refractivity contribution is 6.33. The third-order valence-electron chi connectivity index (χ3n) is 4.32. The molecule has 3 rings (SSSR count). The molecular formula is C17H21ClN4O.